The lowest BCUT2D eigenvalue weighted by Crippen LogP contribution is -2.33. The largest absolute Gasteiger partial charge is 0.486 e. The molecule has 172 valence electrons. The fourth-order valence-electron chi connectivity index (χ4n) is 3.97. The van der Waals surface area contributed by atoms with E-state index < -0.39 is 0 Å². The van der Waals surface area contributed by atoms with E-state index >= 15 is 0 Å². The van der Waals surface area contributed by atoms with Crippen LogP contribution in [0.4, 0.5) is 0 Å². The molecule has 0 bridgehead atoms. The van der Waals surface area contributed by atoms with Crippen molar-refractivity contribution in [3.8, 4) is 22.9 Å². The summed E-state index contributed by atoms with van der Waals surface area (Å²) in [6.07, 6.45) is 5.72. The molecule has 0 unspecified atom stereocenters. The molecule has 5 rings (SSSR count). The maximum atomic E-state index is 12.9. The van der Waals surface area contributed by atoms with Gasteiger partial charge >= 0.3 is 0 Å². The predicted molar refractivity (Wildman–Crippen MR) is 125 cm³/mol. The molecule has 1 atom stereocenters. The predicted octanol–water partition coefficient (Wildman–Crippen LogP) is 4.05. The fraction of sp³-hybridized carbons (Fsp3) is 0.417. The summed E-state index contributed by atoms with van der Waals surface area (Å²) < 4.78 is 13.5. The van der Waals surface area contributed by atoms with Crippen LogP contribution >= 0.6 is 11.8 Å². The molecule has 1 amide bonds. The minimum atomic E-state index is -0.123. The zero-order valence-electron chi connectivity index (χ0n) is 18.7. The second kappa shape index (κ2) is 9.43. The number of benzene rings is 1. The highest BCUT2D eigenvalue weighted by Crippen LogP contribution is 2.41. The Bertz CT molecular complexity index is 1130. The average molecular weight is 466 g/mol. The molecule has 0 spiro atoms. The molecule has 9 heteroatoms. The highest BCUT2D eigenvalue weighted by Gasteiger charge is 2.30. The van der Waals surface area contributed by atoms with E-state index in [-0.39, 0.29) is 23.6 Å². The van der Waals surface area contributed by atoms with Crippen molar-refractivity contribution in [3.63, 3.8) is 0 Å². The Kier molecular flexibility index (Phi) is 6.22. The van der Waals surface area contributed by atoms with Crippen molar-refractivity contribution in [1.29, 1.82) is 0 Å². The highest BCUT2D eigenvalue weighted by molar-refractivity contribution is 7.99. The SMILES string of the molecule is CC(C)[C@H](NC(=O)CSc1nnc(-c2ccncc2)n1C1CC1)c1ccc2c(c1)OCCO2. The molecule has 8 nitrogen and oxygen atoms in total. The molecule has 3 heterocycles. The number of nitrogens with one attached hydrogen (secondary N) is 1. The Morgan fingerprint density at radius 3 is 2.61 bits per heavy atom. The van der Waals surface area contributed by atoms with E-state index in [0.29, 0.717) is 19.3 Å². The number of carbonyl (C=O) groups excluding carboxylic acids is 1. The van der Waals surface area contributed by atoms with E-state index in [2.05, 4.69) is 38.9 Å². The van der Waals surface area contributed by atoms with Gasteiger partial charge in [0.1, 0.15) is 13.2 Å². The summed E-state index contributed by atoms with van der Waals surface area (Å²) in [5.74, 6) is 2.76. The van der Waals surface area contributed by atoms with E-state index in [1.807, 2.05) is 30.3 Å². The number of pyridine rings is 1. The summed E-state index contributed by atoms with van der Waals surface area (Å²) in [7, 11) is 0. The Morgan fingerprint density at radius 1 is 1.12 bits per heavy atom. The topological polar surface area (TPSA) is 91.2 Å². The molecule has 2 aromatic heterocycles. The molecule has 3 aromatic rings. The van der Waals surface area contributed by atoms with Gasteiger partial charge < -0.3 is 14.8 Å². The van der Waals surface area contributed by atoms with Crippen LogP contribution < -0.4 is 14.8 Å². The first-order valence-corrected chi connectivity index (χ1v) is 12.3. The first-order valence-electron chi connectivity index (χ1n) is 11.3. The second-order valence-corrected chi connectivity index (χ2v) is 9.57. The Labute approximate surface area is 197 Å². The van der Waals surface area contributed by atoms with E-state index in [9.17, 15) is 4.79 Å². The molecule has 2 aliphatic rings. The van der Waals surface area contributed by atoms with Crippen LogP contribution in [-0.4, -0.2) is 44.6 Å². The molecule has 33 heavy (non-hydrogen) atoms. The Hall–Kier alpha value is -3.07. The molecular formula is C24H27N5O3S. The maximum Gasteiger partial charge on any atom is 0.230 e. The summed E-state index contributed by atoms with van der Waals surface area (Å²) in [4.78, 5) is 17.0. The number of carbonyl (C=O) groups is 1. The number of aromatic nitrogens is 4. The normalized spacial score (nSPS) is 16.0. The third-order valence-electron chi connectivity index (χ3n) is 5.76. The van der Waals surface area contributed by atoms with Gasteiger partial charge in [-0.1, -0.05) is 31.7 Å². The molecule has 1 saturated carbocycles. The van der Waals surface area contributed by atoms with Gasteiger partial charge in [-0.3, -0.25) is 14.3 Å². The van der Waals surface area contributed by atoms with Gasteiger partial charge in [0.15, 0.2) is 22.5 Å². The monoisotopic (exact) mass is 465 g/mol. The lowest BCUT2D eigenvalue weighted by molar-refractivity contribution is -0.119. The van der Waals surface area contributed by atoms with Gasteiger partial charge in [0.2, 0.25) is 5.91 Å². The number of nitrogens with zero attached hydrogens (tertiary/aromatic N) is 4. The first kappa shape index (κ1) is 21.8. The van der Waals surface area contributed by atoms with Crippen molar-refractivity contribution in [2.45, 2.75) is 43.9 Å². The smallest absolute Gasteiger partial charge is 0.230 e. The number of ether oxygens (including phenoxy) is 2. The fourth-order valence-corrected chi connectivity index (χ4v) is 4.79. The third kappa shape index (κ3) is 4.83. The molecule has 1 N–H and O–H groups in total. The molecule has 1 fully saturated rings. The molecule has 0 saturated heterocycles. The molecule has 0 radical (unpaired) electrons. The van der Waals surface area contributed by atoms with Crippen LogP contribution in [0.2, 0.25) is 0 Å². The van der Waals surface area contributed by atoms with Gasteiger partial charge in [0, 0.05) is 24.0 Å². The van der Waals surface area contributed by atoms with Crippen LogP contribution in [0.3, 0.4) is 0 Å². The van der Waals surface area contributed by atoms with Crippen LogP contribution in [0, 0.1) is 5.92 Å². The lowest BCUT2D eigenvalue weighted by atomic mass is 9.95. The molecule has 1 aromatic carbocycles. The van der Waals surface area contributed by atoms with Gasteiger partial charge in [-0.2, -0.15) is 0 Å². The number of amides is 1. The van der Waals surface area contributed by atoms with Crippen molar-refractivity contribution in [2.75, 3.05) is 19.0 Å². The van der Waals surface area contributed by atoms with Crippen LogP contribution in [0.5, 0.6) is 11.5 Å². The highest BCUT2D eigenvalue weighted by atomic mass is 32.2. The standard InChI is InChI=1S/C24H27N5O3S/c1-15(2)22(17-3-6-19-20(13-17)32-12-11-31-19)26-21(30)14-33-24-28-27-23(29(24)18-4-5-18)16-7-9-25-10-8-16/h3,6-10,13,15,18,22H,4-5,11-12,14H2,1-2H3,(H,26,30)/t22-/m0/s1. The summed E-state index contributed by atoms with van der Waals surface area (Å²) in [5, 5.41) is 12.8. The molecular weight excluding hydrogens is 438 g/mol. The lowest BCUT2D eigenvalue weighted by Gasteiger charge is -2.25. The minimum absolute atomic E-state index is 0.0376. The van der Waals surface area contributed by atoms with Crippen molar-refractivity contribution in [2.24, 2.45) is 5.92 Å². The van der Waals surface area contributed by atoms with Crippen LogP contribution in [0.15, 0.2) is 47.9 Å². The van der Waals surface area contributed by atoms with Crippen LogP contribution in [0.25, 0.3) is 11.4 Å². The minimum Gasteiger partial charge on any atom is -0.486 e. The van der Waals surface area contributed by atoms with E-state index in [1.165, 1.54) is 11.8 Å². The molecule has 1 aliphatic carbocycles. The van der Waals surface area contributed by atoms with Gasteiger partial charge in [-0.15, -0.1) is 10.2 Å². The van der Waals surface area contributed by atoms with Crippen LogP contribution in [0.1, 0.15) is 44.3 Å². The van der Waals surface area contributed by atoms with Gasteiger partial charge in [0.05, 0.1) is 11.8 Å². The average Bonchev–Trinajstić information content (AvgIpc) is 3.59. The molecule has 1 aliphatic heterocycles. The second-order valence-electron chi connectivity index (χ2n) is 8.62. The third-order valence-corrected chi connectivity index (χ3v) is 6.70. The van der Waals surface area contributed by atoms with Crippen molar-refractivity contribution >= 4 is 17.7 Å². The summed E-state index contributed by atoms with van der Waals surface area (Å²) in [5.41, 5.74) is 1.99. The Morgan fingerprint density at radius 2 is 1.88 bits per heavy atom. The van der Waals surface area contributed by atoms with Crippen LogP contribution in [-0.2, 0) is 4.79 Å². The van der Waals surface area contributed by atoms with E-state index in [4.69, 9.17) is 9.47 Å². The van der Waals surface area contributed by atoms with Gasteiger partial charge in [-0.05, 0) is 48.6 Å². The van der Waals surface area contributed by atoms with Gasteiger partial charge in [0.25, 0.3) is 0 Å². The van der Waals surface area contributed by atoms with Crippen molar-refractivity contribution in [1.82, 2.24) is 25.1 Å². The Balaban J connectivity index is 1.28. The summed E-state index contributed by atoms with van der Waals surface area (Å²) in [6, 6.07) is 10.0. The van der Waals surface area contributed by atoms with Crippen molar-refractivity contribution in [3.05, 3.63) is 48.3 Å². The quantitative estimate of drug-likeness (QED) is 0.502. The van der Waals surface area contributed by atoms with Crippen molar-refractivity contribution < 1.29 is 14.3 Å². The number of hydrogen-bond donors (Lipinski definition) is 1. The van der Waals surface area contributed by atoms with E-state index in [1.54, 1.807) is 12.4 Å². The number of rotatable bonds is 8. The van der Waals surface area contributed by atoms with E-state index in [0.717, 1.165) is 46.4 Å². The van der Waals surface area contributed by atoms with Gasteiger partial charge in [-0.25, -0.2) is 0 Å². The maximum absolute atomic E-state index is 12.9. The number of fused-ring (bicyclic) bond motifs is 1. The summed E-state index contributed by atoms with van der Waals surface area (Å²) in [6.45, 7) is 5.29. The first-order chi connectivity index (χ1) is 16.1. The number of hydrogen-bond acceptors (Lipinski definition) is 7. The zero-order valence-corrected chi connectivity index (χ0v) is 19.5. The number of thioether (sulfide) groups is 1. The zero-order chi connectivity index (χ0) is 22.8. The summed E-state index contributed by atoms with van der Waals surface area (Å²) >= 11 is 1.43.